The number of halogens is 2. The number of hydrogen-bond donors (Lipinski definition) is 3. The van der Waals surface area contributed by atoms with Gasteiger partial charge >= 0.3 is 5.92 Å². The fourth-order valence-electron chi connectivity index (χ4n) is 3.19. The van der Waals surface area contributed by atoms with E-state index in [0.29, 0.717) is 12.2 Å². The molecule has 0 spiro atoms. The van der Waals surface area contributed by atoms with Gasteiger partial charge in [-0.2, -0.15) is 8.78 Å². The number of rotatable bonds is 5. The van der Waals surface area contributed by atoms with Gasteiger partial charge in [-0.05, 0) is 29.8 Å². The van der Waals surface area contributed by atoms with E-state index in [2.05, 4.69) is 16.0 Å². The van der Waals surface area contributed by atoms with Crippen LogP contribution in [0.1, 0.15) is 11.1 Å². The zero-order valence-corrected chi connectivity index (χ0v) is 14.2. The highest BCUT2D eigenvalue weighted by atomic mass is 19.3. The van der Waals surface area contributed by atoms with E-state index in [-0.39, 0.29) is 24.2 Å². The molecule has 2 aliphatic heterocycles. The van der Waals surface area contributed by atoms with Gasteiger partial charge in [-0.25, -0.2) is 0 Å². The Morgan fingerprint density at radius 2 is 2.07 bits per heavy atom. The number of alkyl halides is 2. The molecule has 2 aromatic rings. The number of amides is 2. The molecule has 2 heterocycles. The van der Waals surface area contributed by atoms with Gasteiger partial charge in [0.2, 0.25) is 5.91 Å². The molecule has 0 saturated carbocycles. The highest BCUT2D eigenvalue weighted by molar-refractivity contribution is 6.04. The highest BCUT2D eigenvalue weighted by Crippen LogP contribution is 2.41. The van der Waals surface area contributed by atoms with Crippen LogP contribution in [0.4, 0.5) is 20.2 Å². The number of carbonyl (C=O) groups excluding carboxylic acids is 2. The largest absolute Gasteiger partial charge is 0.488 e. The molecule has 0 aromatic heterocycles. The molecule has 1 atom stereocenters. The molecule has 6 nitrogen and oxygen atoms in total. The Kier molecular flexibility index (Phi) is 4.18. The summed E-state index contributed by atoms with van der Waals surface area (Å²) in [6.07, 6.45) is 0.604. The fourth-order valence-corrected chi connectivity index (χ4v) is 3.19. The van der Waals surface area contributed by atoms with Crippen molar-refractivity contribution in [1.29, 1.82) is 0 Å². The Morgan fingerprint density at radius 1 is 1.26 bits per heavy atom. The minimum atomic E-state index is -3.57. The molecule has 0 saturated heterocycles. The number of anilines is 2. The van der Waals surface area contributed by atoms with Crippen LogP contribution in [0.2, 0.25) is 0 Å². The first-order chi connectivity index (χ1) is 12.9. The normalized spacial score (nSPS) is 18.9. The Morgan fingerprint density at radius 3 is 2.89 bits per heavy atom. The van der Waals surface area contributed by atoms with Crippen LogP contribution in [0, 0.1) is 0 Å². The quantitative estimate of drug-likeness (QED) is 0.751. The summed E-state index contributed by atoms with van der Waals surface area (Å²) >= 11 is 0. The fraction of sp³-hybridized carbons (Fsp3) is 0.263. The van der Waals surface area contributed by atoms with Gasteiger partial charge in [0.25, 0.3) is 5.91 Å². The second-order valence-electron chi connectivity index (χ2n) is 6.50. The van der Waals surface area contributed by atoms with E-state index in [1.165, 1.54) is 18.2 Å². The molecule has 1 unspecified atom stereocenters. The van der Waals surface area contributed by atoms with Gasteiger partial charge < -0.3 is 20.7 Å². The molecule has 2 aliphatic rings. The summed E-state index contributed by atoms with van der Waals surface area (Å²) < 4.78 is 33.3. The standard InChI is InChI=1S/C19H17F2N3O3/c20-19(21)14-8-12(5-6-15(14)24-18(19)26)22-10-17(25)23-9-13-7-11-3-1-2-4-16(11)27-13/h1-6,8,13,22H,7,9-10H2,(H,23,25)(H,24,26). The van der Waals surface area contributed by atoms with Crippen LogP contribution in [0.5, 0.6) is 5.75 Å². The molecule has 3 N–H and O–H groups in total. The van der Waals surface area contributed by atoms with Crippen LogP contribution in [-0.4, -0.2) is 31.0 Å². The topological polar surface area (TPSA) is 79.5 Å². The average molecular weight is 373 g/mol. The van der Waals surface area contributed by atoms with E-state index >= 15 is 0 Å². The first-order valence-corrected chi connectivity index (χ1v) is 8.52. The molecule has 4 rings (SSSR count). The maximum Gasteiger partial charge on any atom is 0.352 e. The van der Waals surface area contributed by atoms with Crippen molar-refractivity contribution in [3.8, 4) is 5.75 Å². The minimum absolute atomic E-state index is 0.0780. The molecular formula is C19H17F2N3O3. The summed E-state index contributed by atoms with van der Waals surface area (Å²) in [6.45, 7) is 0.279. The maximum atomic E-state index is 13.8. The Hall–Kier alpha value is -3.16. The van der Waals surface area contributed by atoms with Crippen LogP contribution in [0.15, 0.2) is 42.5 Å². The molecule has 0 radical (unpaired) electrons. The second kappa shape index (κ2) is 6.53. The maximum absolute atomic E-state index is 13.8. The summed E-state index contributed by atoms with van der Waals surface area (Å²) in [5, 5.41) is 7.69. The molecule has 0 aliphatic carbocycles. The van der Waals surface area contributed by atoms with E-state index in [0.717, 1.165) is 17.7 Å². The minimum Gasteiger partial charge on any atom is -0.488 e. The van der Waals surface area contributed by atoms with Crippen LogP contribution in [0.25, 0.3) is 0 Å². The number of ether oxygens (including phenoxy) is 1. The molecule has 0 fully saturated rings. The van der Waals surface area contributed by atoms with E-state index < -0.39 is 17.4 Å². The van der Waals surface area contributed by atoms with Crippen molar-refractivity contribution >= 4 is 23.2 Å². The van der Waals surface area contributed by atoms with Gasteiger partial charge in [0.1, 0.15) is 11.9 Å². The molecule has 27 heavy (non-hydrogen) atoms. The predicted molar refractivity (Wildman–Crippen MR) is 95.0 cm³/mol. The number of benzene rings is 2. The molecule has 140 valence electrons. The summed E-state index contributed by atoms with van der Waals surface area (Å²) in [5.74, 6) is -4.36. The van der Waals surface area contributed by atoms with Gasteiger partial charge in [-0.15, -0.1) is 0 Å². The SMILES string of the molecule is O=C(CNc1ccc2c(c1)C(F)(F)C(=O)N2)NCC1Cc2ccccc2O1. The van der Waals surface area contributed by atoms with Crippen LogP contribution >= 0.6 is 0 Å². The number of carbonyl (C=O) groups is 2. The molecule has 2 amide bonds. The lowest BCUT2D eigenvalue weighted by Gasteiger charge is -2.13. The van der Waals surface area contributed by atoms with Crippen molar-refractivity contribution in [1.82, 2.24) is 5.32 Å². The van der Waals surface area contributed by atoms with Gasteiger partial charge in [0, 0.05) is 12.1 Å². The Balaban J connectivity index is 1.28. The van der Waals surface area contributed by atoms with Crippen LogP contribution in [-0.2, 0) is 21.9 Å². The van der Waals surface area contributed by atoms with Crippen LogP contribution in [0.3, 0.4) is 0 Å². The first kappa shape index (κ1) is 17.3. The third-order valence-electron chi connectivity index (χ3n) is 4.59. The Labute approximate surface area is 153 Å². The van der Waals surface area contributed by atoms with Crippen molar-refractivity contribution < 1.29 is 23.1 Å². The van der Waals surface area contributed by atoms with E-state index in [4.69, 9.17) is 4.74 Å². The number of nitrogens with one attached hydrogen (secondary N) is 3. The first-order valence-electron chi connectivity index (χ1n) is 8.52. The molecule has 0 bridgehead atoms. The van der Waals surface area contributed by atoms with Crippen molar-refractivity contribution in [3.05, 3.63) is 53.6 Å². The van der Waals surface area contributed by atoms with Crippen molar-refractivity contribution in [3.63, 3.8) is 0 Å². The average Bonchev–Trinajstić information content (AvgIpc) is 3.17. The lowest BCUT2D eigenvalue weighted by atomic mass is 10.1. The smallest absolute Gasteiger partial charge is 0.352 e. The summed E-state index contributed by atoms with van der Waals surface area (Å²) in [7, 11) is 0. The van der Waals surface area contributed by atoms with Gasteiger partial charge in [0.05, 0.1) is 24.3 Å². The van der Waals surface area contributed by atoms with E-state index in [9.17, 15) is 18.4 Å². The number of para-hydroxylation sites is 1. The van der Waals surface area contributed by atoms with Crippen molar-refractivity contribution in [2.24, 2.45) is 0 Å². The van der Waals surface area contributed by atoms with Gasteiger partial charge in [-0.1, -0.05) is 18.2 Å². The van der Waals surface area contributed by atoms with E-state index in [1.54, 1.807) is 0 Å². The third-order valence-corrected chi connectivity index (χ3v) is 4.59. The van der Waals surface area contributed by atoms with Gasteiger partial charge in [0.15, 0.2) is 0 Å². The molecular weight excluding hydrogens is 356 g/mol. The number of hydrogen-bond acceptors (Lipinski definition) is 4. The highest BCUT2D eigenvalue weighted by Gasteiger charge is 2.48. The summed E-state index contributed by atoms with van der Waals surface area (Å²) in [4.78, 5) is 23.3. The predicted octanol–water partition coefficient (Wildman–Crippen LogP) is 2.26. The zero-order chi connectivity index (χ0) is 19.0. The lowest BCUT2D eigenvalue weighted by molar-refractivity contribution is -0.139. The van der Waals surface area contributed by atoms with E-state index in [1.807, 2.05) is 24.3 Å². The van der Waals surface area contributed by atoms with Gasteiger partial charge in [-0.3, -0.25) is 9.59 Å². The summed E-state index contributed by atoms with van der Waals surface area (Å²) in [6, 6.07) is 11.8. The molecule has 2 aromatic carbocycles. The summed E-state index contributed by atoms with van der Waals surface area (Å²) in [5.41, 5.74) is 1.13. The third kappa shape index (κ3) is 3.30. The van der Waals surface area contributed by atoms with Crippen molar-refractivity contribution in [2.45, 2.75) is 18.4 Å². The zero-order valence-electron chi connectivity index (χ0n) is 14.2. The lowest BCUT2D eigenvalue weighted by Crippen LogP contribution is -2.37. The Bertz CT molecular complexity index is 892. The monoisotopic (exact) mass is 373 g/mol. The number of fused-ring (bicyclic) bond motifs is 2. The second-order valence-corrected chi connectivity index (χ2v) is 6.50. The van der Waals surface area contributed by atoms with Crippen LogP contribution < -0.4 is 20.7 Å². The van der Waals surface area contributed by atoms with Crippen molar-refractivity contribution in [2.75, 3.05) is 23.7 Å². The molecule has 8 heteroatoms.